The molecule has 0 spiro atoms. The second kappa shape index (κ2) is 9.68. The third-order valence-electron chi connectivity index (χ3n) is 4.21. The molecule has 0 saturated heterocycles. The fourth-order valence-electron chi connectivity index (χ4n) is 2.87. The molecule has 8 heteroatoms. The Kier molecular flexibility index (Phi) is 7.57. The van der Waals surface area contributed by atoms with Gasteiger partial charge in [-0.2, -0.15) is 5.10 Å². The van der Waals surface area contributed by atoms with E-state index in [1.165, 1.54) is 23.9 Å². The van der Waals surface area contributed by atoms with E-state index in [0.29, 0.717) is 24.3 Å². The van der Waals surface area contributed by atoms with E-state index in [-0.39, 0.29) is 41.7 Å². The zero-order valence-electron chi connectivity index (χ0n) is 16.5. The summed E-state index contributed by atoms with van der Waals surface area (Å²) in [5.74, 6) is -0.755. The molecule has 1 aromatic carbocycles. The van der Waals surface area contributed by atoms with Gasteiger partial charge in [0, 0.05) is 13.1 Å². The van der Waals surface area contributed by atoms with Crippen molar-refractivity contribution in [3.05, 3.63) is 52.1 Å². The number of aryl methyl sites for hydroxylation is 1. The van der Waals surface area contributed by atoms with E-state index in [1.54, 1.807) is 24.0 Å². The van der Waals surface area contributed by atoms with Gasteiger partial charge in [0.05, 0.1) is 31.3 Å². The zero-order valence-corrected chi connectivity index (χ0v) is 17.3. The summed E-state index contributed by atoms with van der Waals surface area (Å²) in [5.41, 5.74) is 1.63. The van der Waals surface area contributed by atoms with E-state index in [4.69, 9.17) is 11.6 Å². The molecular formula is C20H25ClFN3O3. The van der Waals surface area contributed by atoms with Crippen LogP contribution in [-0.4, -0.2) is 46.8 Å². The van der Waals surface area contributed by atoms with E-state index in [0.717, 1.165) is 5.56 Å². The lowest BCUT2D eigenvalue weighted by Gasteiger charge is -2.24. The topological polar surface area (TPSA) is 64.4 Å². The van der Waals surface area contributed by atoms with Crippen LogP contribution in [0.2, 0.25) is 5.15 Å². The number of carbonyl (C=O) groups is 2. The Labute approximate surface area is 169 Å². The number of hydrogen-bond acceptors (Lipinski definition) is 4. The number of nitrogens with zero attached hydrogens (tertiary/aromatic N) is 3. The number of aromatic nitrogens is 2. The average Bonchev–Trinajstić information content (AvgIpc) is 2.92. The standard InChI is InChI=1S/C20H25ClFN3O3/c1-13(2)11-24(10-9-17(26)28-4)20(27)18-14(3)23-25(19(18)21)12-15-5-7-16(22)8-6-15/h5-8,13H,9-12H2,1-4H3. The van der Waals surface area contributed by atoms with Gasteiger partial charge in [-0.15, -0.1) is 0 Å². The Morgan fingerprint density at radius 3 is 2.50 bits per heavy atom. The molecule has 1 heterocycles. The highest BCUT2D eigenvalue weighted by Gasteiger charge is 2.26. The monoisotopic (exact) mass is 409 g/mol. The summed E-state index contributed by atoms with van der Waals surface area (Å²) in [6.45, 7) is 6.74. The van der Waals surface area contributed by atoms with Gasteiger partial charge in [-0.1, -0.05) is 37.6 Å². The smallest absolute Gasteiger partial charge is 0.307 e. The Morgan fingerprint density at radius 1 is 1.29 bits per heavy atom. The molecule has 0 unspecified atom stereocenters. The van der Waals surface area contributed by atoms with Gasteiger partial charge in [0.25, 0.3) is 5.91 Å². The van der Waals surface area contributed by atoms with Crippen molar-refractivity contribution in [1.29, 1.82) is 0 Å². The van der Waals surface area contributed by atoms with Crippen LogP contribution in [0.15, 0.2) is 24.3 Å². The van der Waals surface area contributed by atoms with E-state index < -0.39 is 0 Å². The Bertz CT molecular complexity index is 834. The van der Waals surface area contributed by atoms with E-state index in [9.17, 15) is 14.0 Å². The number of carbonyl (C=O) groups excluding carboxylic acids is 2. The highest BCUT2D eigenvalue weighted by Crippen LogP contribution is 2.23. The molecule has 0 saturated carbocycles. The summed E-state index contributed by atoms with van der Waals surface area (Å²) in [6, 6.07) is 6.02. The first-order valence-electron chi connectivity index (χ1n) is 9.06. The summed E-state index contributed by atoms with van der Waals surface area (Å²) >= 11 is 6.46. The molecule has 152 valence electrons. The SMILES string of the molecule is COC(=O)CCN(CC(C)C)C(=O)c1c(C)nn(Cc2ccc(F)cc2)c1Cl. The first-order chi connectivity index (χ1) is 13.2. The van der Waals surface area contributed by atoms with Crippen molar-refractivity contribution in [2.75, 3.05) is 20.2 Å². The summed E-state index contributed by atoms with van der Waals surface area (Å²) in [7, 11) is 1.32. The molecule has 0 aliphatic carbocycles. The molecule has 0 fully saturated rings. The Balaban J connectivity index is 2.25. The van der Waals surface area contributed by atoms with Crippen LogP contribution >= 0.6 is 11.6 Å². The second-order valence-corrected chi connectivity index (χ2v) is 7.36. The minimum absolute atomic E-state index is 0.106. The van der Waals surface area contributed by atoms with Crippen LogP contribution in [0.3, 0.4) is 0 Å². The maximum absolute atomic E-state index is 13.1. The maximum atomic E-state index is 13.1. The molecule has 2 aromatic rings. The van der Waals surface area contributed by atoms with Gasteiger partial charge in [0.2, 0.25) is 0 Å². The number of halogens is 2. The van der Waals surface area contributed by atoms with Crippen molar-refractivity contribution < 1.29 is 18.7 Å². The van der Waals surface area contributed by atoms with Crippen LogP contribution in [0, 0.1) is 18.7 Å². The first kappa shape index (κ1) is 21.9. The fraction of sp³-hybridized carbons (Fsp3) is 0.450. The average molecular weight is 410 g/mol. The molecule has 0 radical (unpaired) electrons. The van der Waals surface area contributed by atoms with Crippen molar-refractivity contribution in [3.8, 4) is 0 Å². The van der Waals surface area contributed by atoms with Crippen LogP contribution in [0.5, 0.6) is 0 Å². The lowest BCUT2D eigenvalue weighted by molar-refractivity contribution is -0.140. The highest BCUT2D eigenvalue weighted by atomic mass is 35.5. The fourth-order valence-corrected chi connectivity index (χ4v) is 3.18. The van der Waals surface area contributed by atoms with Crippen LogP contribution in [0.25, 0.3) is 0 Å². The predicted molar refractivity (Wildman–Crippen MR) is 105 cm³/mol. The van der Waals surface area contributed by atoms with Crippen molar-refractivity contribution in [3.63, 3.8) is 0 Å². The predicted octanol–water partition coefficient (Wildman–Crippen LogP) is 3.69. The molecule has 28 heavy (non-hydrogen) atoms. The van der Waals surface area contributed by atoms with Crippen molar-refractivity contribution in [2.24, 2.45) is 5.92 Å². The second-order valence-electron chi connectivity index (χ2n) is 7.01. The number of benzene rings is 1. The van der Waals surface area contributed by atoms with Gasteiger partial charge in [-0.25, -0.2) is 9.07 Å². The molecule has 0 aliphatic rings. The zero-order chi connectivity index (χ0) is 20.8. The van der Waals surface area contributed by atoms with E-state index in [1.807, 2.05) is 13.8 Å². The van der Waals surface area contributed by atoms with Gasteiger partial charge in [-0.05, 0) is 30.5 Å². The third-order valence-corrected chi connectivity index (χ3v) is 4.60. The van der Waals surface area contributed by atoms with Gasteiger partial charge in [0.1, 0.15) is 11.0 Å². The molecule has 0 atom stereocenters. The number of hydrogen-bond donors (Lipinski definition) is 0. The maximum Gasteiger partial charge on any atom is 0.307 e. The molecule has 0 bridgehead atoms. The van der Waals surface area contributed by atoms with Crippen molar-refractivity contribution in [1.82, 2.24) is 14.7 Å². The minimum atomic E-state index is -0.378. The quantitative estimate of drug-likeness (QED) is 0.624. The first-order valence-corrected chi connectivity index (χ1v) is 9.44. The minimum Gasteiger partial charge on any atom is -0.469 e. The molecule has 0 aliphatic heterocycles. The summed E-state index contributed by atoms with van der Waals surface area (Å²) < 4.78 is 19.3. The Hall–Kier alpha value is -2.41. The number of esters is 1. The lowest BCUT2D eigenvalue weighted by atomic mass is 10.1. The highest BCUT2D eigenvalue weighted by molar-refractivity contribution is 6.33. The summed E-state index contributed by atoms with van der Waals surface area (Å²) in [4.78, 5) is 26.2. The largest absolute Gasteiger partial charge is 0.469 e. The normalized spacial score (nSPS) is 11.0. The number of rotatable bonds is 8. The molecule has 1 amide bonds. The van der Waals surface area contributed by atoms with E-state index >= 15 is 0 Å². The summed E-state index contributed by atoms with van der Waals surface area (Å²) in [5, 5.41) is 4.59. The van der Waals surface area contributed by atoms with Gasteiger partial charge >= 0.3 is 5.97 Å². The number of methoxy groups -OCH3 is 1. The van der Waals surface area contributed by atoms with Gasteiger partial charge < -0.3 is 9.64 Å². The van der Waals surface area contributed by atoms with Gasteiger partial charge in [-0.3, -0.25) is 9.59 Å². The van der Waals surface area contributed by atoms with Gasteiger partial charge in [0.15, 0.2) is 0 Å². The van der Waals surface area contributed by atoms with Crippen LogP contribution in [-0.2, 0) is 16.1 Å². The molecule has 6 nitrogen and oxygen atoms in total. The molecule has 0 N–H and O–H groups in total. The lowest BCUT2D eigenvalue weighted by Crippen LogP contribution is -2.36. The summed E-state index contributed by atoms with van der Waals surface area (Å²) in [6.07, 6.45) is 0.106. The molecular weight excluding hydrogens is 385 g/mol. The molecule has 1 aromatic heterocycles. The molecule has 2 rings (SSSR count). The third kappa shape index (κ3) is 5.55. The van der Waals surface area contributed by atoms with E-state index in [2.05, 4.69) is 9.84 Å². The van der Waals surface area contributed by atoms with Crippen LogP contribution in [0.4, 0.5) is 4.39 Å². The number of ether oxygens (including phenoxy) is 1. The van der Waals surface area contributed by atoms with Crippen molar-refractivity contribution >= 4 is 23.5 Å². The number of amides is 1. The van der Waals surface area contributed by atoms with Crippen LogP contribution < -0.4 is 0 Å². The van der Waals surface area contributed by atoms with Crippen molar-refractivity contribution in [2.45, 2.75) is 33.7 Å². The Morgan fingerprint density at radius 2 is 1.93 bits per heavy atom. The van der Waals surface area contributed by atoms with Crippen LogP contribution in [0.1, 0.15) is 41.9 Å².